The number of amides is 1. The maximum absolute atomic E-state index is 10.6. The lowest BCUT2D eigenvalue weighted by Gasteiger charge is -2.18. The fourth-order valence-electron chi connectivity index (χ4n) is 0.650. The monoisotopic (exact) mass is 156 g/mol. The van der Waals surface area contributed by atoms with E-state index in [1.807, 2.05) is 0 Å². The van der Waals surface area contributed by atoms with Gasteiger partial charge in [-0.1, -0.05) is 0 Å². The molecule has 1 aliphatic heterocycles. The molecule has 0 aromatic carbocycles. The number of nitrogens with one attached hydrogen (secondary N) is 1. The minimum Gasteiger partial charge on any atom is -0.846 e. The number of carbonyl (C=O) groups is 1. The first kappa shape index (κ1) is 7.43. The maximum Gasteiger partial charge on any atom is 0.435 e. The molecule has 1 aliphatic rings. The number of hydrogen-bond acceptors (Lipinski definition) is 5. The Morgan fingerprint density at radius 1 is 1.82 bits per heavy atom. The number of aliphatic imine (C=N–C) groups is 1. The Bertz CT molecular complexity index is 255. The van der Waals surface area contributed by atoms with Gasteiger partial charge in [-0.25, -0.2) is 4.99 Å². The van der Waals surface area contributed by atoms with Gasteiger partial charge in [0.2, 0.25) is 11.6 Å². The quantitative estimate of drug-likeness (QED) is 0.373. The van der Waals surface area contributed by atoms with E-state index >= 15 is 0 Å². The number of hydrogen-bond donors (Lipinski definition) is 2. The van der Waals surface area contributed by atoms with Gasteiger partial charge in [-0.15, -0.1) is 0 Å². The predicted molar refractivity (Wildman–Crippen MR) is 30.5 cm³/mol. The molecular weight excluding hydrogens is 152 g/mol. The number of amidine groups is 1. The molecule has 7 nitrogen and oxygen atoms in total. The zero-order valence-corrected chi connectivity index (χ0v) is 5.26. The van der Waals surface area contributed by atoms with E-state index in [9.17, 15) is 9.90 Å². The fraction of sp³-hybridized carbons (Fsp3) is 0.500. The highest BCUT2D eigenvalue weighted by atomic mass is 16.3. The highest BCUT2D eigenvalue weighted by molar-refractivity contribution is 5.98. The summed E-state index contributed by atoms with van der Waals surface area (Å²) in [6.07, 6.45) is -1.58. The van der Waals surface area contributed by atoms with E-state index in [4.69, 9.17) is 10.5 Å². The van der Waals surface area contributed by atoms with Crippen molar-refractivity contribution in [1.29, 1.82) is 5.39 Å². The number of carbonyl (C=O) groups excluding carboxylic acids is 1. The fourth-order valence-corrected chi connectivity index (χ4v) is 0.650. The molecule has 0 saturated heterocycles. The number of nitrogens with zero attached hydrogens (tertiary/aromatic N) is 3. The van der Waals surface area contributed by atoms with E-state index in [0.717, 1.165) is 0 Å². The average Bonchev–Trinajstić information content (AvgIpc) is 1.85. The van der Waals surface area contributed by atoms with E-state index in [1.165, 1.54) is 0 Å². The summed E-state index contributed by atoms with van der Waals surface area (Å²) in [5.74, 6) is -0.861. The van der Waals surface area contributed by atoms with E-state index in [2.05, 4.69) is 9.97 Å². The van der Waals surface area contributed by atoms with Gasteiger partial charge in [0.25, 0.3) is 0 Å². The van der Waals surface area contributed by atoms with Gasteiger partial charge in [0.1, 0.15) is 4.98 Å². The number of aliphatic hydroxyl groups excluding tert-OH is 1. The van der Waals surface area contributed by atoms with Crippen molar-refractivity contribution in [2.75, 3.05) is 0 Å². The molecule has 1 heterocycles. The first-order valence-corrected chi connectivity index (χ1v) is 2.73. The van der Waals surface area contributed by atoms with Crippen LogP contribution in [0, 0.1) is 5.39 Å². The van der Waals surface area contributed by atoms with Gasteiger partial charge in [0.05, 0.1) is 6.02 Å². The van der Waals surface area contributed by atoms with Gasteiger partial charge >= 0.3 is 11.9 Å². The third-order valence-electron chi connectivity index (χ3n) is 1.16. The second-order valence-electron chi connectivity index (χ2n) is 1.90. The first-order valence-electron chi connectivity index (χ1n) is 2.73. The minimum atomic E-state index is -1.58. The van der Waals surface area contributed by atoms with Crippen LogP contribution in [0.4, 0.5) is 0 Å². The molecule has 0 bridgehead atoms. The van der Waals surface area contributed by atoms with Gasteiger partial charge < -0.3 is 15.5 Å². The molecule has 2 unspecified atom stereocenters. The Morgan fingerprint density at radius 2 is 2.45 bits per heavy atom. The molecule has 2 N–H and O–H groups in total. The topological polar surface area (TPSA) is 113 Å². The standard InChI is InChI=1S/C4H4N4O3/c5-8-1-2(9)6-4(11)7-3(1)10/h1-2,9H,(H-,6,7,10,11). The molecule has 0 aromatic heterocycles. The van der Waals surface area contributed by atoms with E-state index in [1.54, 1.807) is 5.32 Å². The summed E-state index contributed by atoms with van der Waals surface area (Å²) >= 11 is 0. The Kier molecular flexibility index (Phi) is 1.70. The molecule has 0 saturated carbocycles. The summed E-state index contributed by atoms with van der Waals surface area (Å²) in [6.45, 7) is 0. The zero-order valence-electron chi connectivity index (χ0n) is 5.26. The van der Waals surface area contributed by atoms with Crippen molar-refractivity contribution in [3.63, 3.8) is 0 Å². The van der Waals surface area contributed by atoms with Crippen molar-refractivity contribution in [2.24, 2.45) is 4.99 Å². The molecule has 0 aliphatic carbocycles. The maximum atomic E-state index is 10.6. The van der Waals surface area contributed by atoms with Crippen molar-refractivity contribution in [2.45, 2.75) is 12.3 Å². The smallest absolute Gasteiger partial charge is 0.435 e. The molecule has 1 amide bonds. The molecule has 11 heavy (non-hydrogen) atoms. The lowest BCUT2D eigenvalue weighted by Crippen LogP contribution is -2.52. The van der Waals surface area contributed by atoms with Crippen molar-refractivity contribution in [3.05, 3.63) is 4.98 Å². The lowest BCUT2D eigenvalue weighted by molar-refractivity contribution is -0.224. The van der Waals surface area contributed by atoms with E-state index in [0.29, 0.717) is 0 Å². The van der Waals surface area contributed by atoms with Crippen LogP contribution < -0.4 is 10.4 Å². The van der Waals surface area contributed by atoms with Crippen LogP contribution >= 0.6 is 0 Å². The van der Waals surface area contributed by atoms with Gasteiger partial charge in [0.15, 0.2) is 0 Å². The average molecular weight is 156 g/mol. The van der Waals surface area contributed by atoms with Crippen LogP contribution in [-0.2, 0) is 4.79 Å². The number of rotatable bonds is 0. The summed E-state index contributed by atoms with van der Waals surface area (Å²) in [7, 11) is 0. The summed E-state index contributed by atoms with van der Waals surface area (Å²) in [4.78, 5) is 16.2. The molecule has 1 rings (SSSR count). The van der Waals surface area contributed by atoms with Crippen molar-refractivity contribution in [1.82, 2.24) is 5.32 Å². The van der Waals surface area contributed by atoms with Gasteiger partial charge in [-0.05, 0) is 0 Å². The first-order chi connectivity index (χ1) is 5.15. The van der Waals surface area contributed by atoms with Crippen molar-refractivity contribution in [3.8, 4) is 0 Å². The summed E-state index contributed by atoms with van der Waals surface area (Å²) < 4.78 is 0. The molecule has 2 atom stereocenters. The van der Waals surface area contributed by atoms with Crippen LogP contribution in [0.5, 0.6) is 0 Å². The Hall–Kier alpha value is -1.68. The highest BCUT2D eigenvalue weighted by Gasteiger charge is 2.41. The van der Waals surface area contributed by atoms with E-state index in [-0.39, 0.29) is 0 Å². The van der Waals surface area contributed by atoms with Crippen LogP contribution in [0.3, 0.4) is 0 Å². The SMILES string of the molecule is N#[N+]C1C(=O)NC([O-])=NC1O. The third-order valence-corrected chi connectivity index (χ3v) is 1.16. The Balaban J connectivity index is 2.88. The van der Waals surface area contributed by atoms with Crippen LogP contribution in [0.15, 0.2) is 4.99 Å². The molecule has 0 fully saturated rings. The second-order valence-corrected chi connectivity index (χ2v) is 1.90. The zero-order chi connectivity index (χ0) is 8.43. The summed E-state index contributed by atoms with van der Waals surface area (Å²) in [5.41, 5.74) is 0. The number of aliphatic hydroxyl groups is 1. The largest absolute Gasteiger partial charge is 0.846 e. The lowest BCUT2D eigenvalue weighted by atomic mass is 10.2. The molecule has 0 aromatic rings. The summed E-state index contributed by atoms with van der Waals surface area (Å²) in [6, 6.07) is -2.32. The Morgan fingerprint density at radius 3 is 2.91 bits per heavy atom. The van der Waals surface area contributed by atoms with Crippen LogP contribution in [0.2, 0.25) is 0 Å². The molecular formula is C4H4N4O3. The number of diazo groups is 1. The molecule has 0 spiro atoms. The van der Waals surface area contributed by atoms with Gasteiger partial charge in [0, 0.05) is 0 Å². The Labute approximate surface area is 61.0 Å². The van der Waals surface area contributed by atoms with Crippen molar-refractivity contribution >= 4 is 11.9 Å². The van der Waals surface area contributed by atoms with Crippen LogP contribution in [0.1, 0.15) is 0 Å². The van der Waals surface area contributed by atoms with Gasteiger partial charge in [-0.3, -0.25) is 4.79 Å². The highest BCUT2D eigenvalue weighted by Crippen LogP contribution is 2.04. The molecule has 7 heteroatoms. The second kappa shape index (κ2) is 2.51. The minimum absolute atomic E-state index is 0.861. The van der Waals surface area contributed by atoms with Crippen LogP contribution in [-0.4, -0.2) is 29.3 Å². The van der Waals surface area contributed by atoms with E-state index < -0.39 is 24.2 Å². The third kappa shape index (κ3) is 1.25. The van der Waals surface area contributed by atoms with Crippen LogP contribution in [0.25, 0.3) is 4.98 Å². The molecule has 58 valence electrons. The van der Waals surface area contributed by atoms with Gasteiger partial charge in [-0.2, -0.15) is 0 Å². The molecule has 0 radical (unpaired) electrons. The normalized spacial score (nSPS) is 30.2. The predicted octanol–water partition coefficient (Wildman–Crippen LogP) is -2.63. The summed E-state index contributed by atoms with van der Waals surface area (Å²) in [5, 5.41) is 29.1. The van der Waals surface area contributed by atoms with Crippen molar-refractivity contribution < 1.29 is 15.0 Å².